The van der Waals surface area contributed by atoms with E-state index in [4.69, 9.17) is 0 Å². The number of aryl methyl sites for hydroxylation is 3. The van der Waals surface area contributed by atoms with E-state index in [-0.39, 0.29) is 0 Å². The SMILES string of the molecule is CNC(CN(C)CCC(C)C)c1c(C)cc(C)cc1C. The number of rotatable bonds is 7. The van der Waals surface area contributed by atoms with Crippen LogP contribution < -0.4 is 5.32 Å². The summed E-state index contributed by atoms with van der Waals surface area (Å²) in [7, 11) is 4.30. The highest BCUT2D eigenvalue weighted by Gasteiger charge is 2.16. The molecule has 2 heteroatoms. The van der Waals surface area contributed by atoms with Crippen molar-refractivity contribution >= 4 is 0 Å². The van der Waals surface area contributed by atoms with Gasteiger partial charge in [0.25, 0.3) is 0 Å². The lowest BCUT2D eigenvalue weighted by atomic mass is 9.93. The van der Waals surface area contributed by atoms with E-state index in [0.29, 0.717) is 6.04 Å². The van der Waals surface area contributed by atoms with Gasteiger partial charge < -0.3 is 10.2 Å². The first-order chi connectivity index (χ1) is 9.35. The first kappa shape index (κ1) is 17.2. The Morgan fingerprint density at radius 1 is 1.10 bits per heavy atom. The first-order valence-electron chi connectivity index (χ1n) is 7.78. The zero-order chi connectivity index (χ0) is 15.3. The molecule has 0 aliphatic carbocycles. The molecule has 1 aromatic rings. The summed E-state index contributed by atoms with van der Waals surface area (Å²) in [5, 5.41) is 3.50. The summed E-state index contributed by atoms with van der Waals surface area (Å²) in [6, 6.07) is 4.99. The molecule has 1 aromatic carbocycles. The molecular weight excluding hydrogens is 244 g/mol. The van der Waals surface area contributed by atoms with Crippen LogP contribution in [0.15, 0.2) is 12.1 Å². The summed E-state index contributed by atoms with van der Waals surface area (Å²) >= 11 is 0. The molecule has 2 nitrogen and oxygen atoms in total. The van der Waals surface area contributed by atoms with Crippen LogP contribution in [-0.4, -0.2) is 32.1 Å². The van der Waals surface area contributed by atoms with Gasteiger partial charge in [-0.2, -0.15) is 0 Å². The van der Waals surface area contributed by atoms with Gasteiger partial charge in [-0.05, 0) is 70.4 Å². The molecule has 20 heavy (non-hydrogen) atoms. The van der Waals surface area contributed by atoms with E-state index < -0.39 is 0 Å². The fourth-order valence-corrected chi connectivity index (χ4v) is 2.95. The van der Waals surface area contributed by atoms with Crippen LogP contribution in [0.5, 0.6) is 0 Å². The average molecular weight is 276 g/mol. The quantitative estimate of drug-likeness (QED) is 0.814. The van der Waals surface area contributed by atoms with Crippen molar-refractivity contribution in [2.75, 3.05) is 27.2 Å². The standard InChI is InChI=1S/C18H32N2/c1-13(2)8-9-20(7)12-17(19-6)18-15(4)10-14(3)11-16(18)5/h10-11,13,17,19H,8-9,12H2,1-7H3. The Kier molecular flexibility index (Phi) is 6.70. The van der Waals surface area contributed by atoms with Crippen LogP contribution in [-0.2, 0) is 0 Å². The fraction of sp³-hybridized carbons (Fsp3) is 0.667. The normalized spacial score (nSPS) is 13.2. The maximum Gasteiger partial charge on any atom is 0.0452 e. The molecule has 1 atom stereocenters. The van der Waals surface area contributed by atoms with Crippen molar-refractivity contribution in [2.45, 2.75) is 47.1 Å². The van der Waals surface area contributed by atoms with Crippen molar-refractivity contribution in [3.8, 4) is 0 Å². The highest BCUT2D eigenvalue weighted by atomic mass is 15.1. The predicted molar refractivity (Wildman–Crippen MR) is 89.4 cm³/mol. The van der Waals surface area contributed by atoms with Crippen LogP contribution in [0.25, 0.3) is 0 Å². The van der Waals surface area contributed by atoms with Crippen molar-refractivity contribution in [1.82, 2.24) is 10.2 Å². The molecule has 1 unspecified atom stereocenters. The Hall–Kier alpha value is -0.860. The molecular formula is C18H32N2. The van der Waals surface area contributed by atoms with E-state index in [2.05, 4.69) is 71.1 Å². The van der Waals surface area contributed by atoms with E-state index >= 15 is 0 Å². The van der Waals surface area contributed by atoms with Crippen LogP contribution in [0.1, 0.15) is 48.6 Å². The van der Waals surface area contributed by atoms with Crippen molar-refractivity contribution in [2.24, 2.45) is 5.92 Å². The van der Waals surface area contributed by atoms with Crippen LogP contribution in [0.2, 0.25) is 0 Å². The number of hydrogen-bond donors (Lipinski definition) is 1. The third-order valence-corrected chi connectivity index (χ3v) is 4.02. The molecule has 0 spiro atoms. The molecule has 0 heterocycles. The number of benzene rings is 1. The summed E-state index contributed by atoms with van der Waals surface area (Å²) in [5.41, 5.74) is 5.62. The van der Waals surface area contributed by atoms with Gasteiger partial charge in [0.05, 0.1) is 0 Å². The van der Waals surface area contributed by atoms with Crippen molar-refractivity contribution in [1.29, 1.82) is 0 Å². The topological polar surface area (TPSA) is 15.3 Å². The predicted octanol–water partition coefficient (Wildman–Crippen LogP) is 3.85. The lowest BCUT2D eigenvalue weighted by Gasteiger charge is -2.27. The molecule has 1 rings (SSSR count). The second kappa shape index (κ2) is 7.80. The molecule has 0 saturated carbocycles. The number of likely N-dealkylation sites (N-methyl/N-ethyl adjacent to an activating group) is 2. The molecule has 0 bridgehead atoms. The van der Waals surface area contributed by atoms with E-state index in [9.17, 15) is 0 Å². The number of nitrogens with one attached hydrogen (secondary N) is 1. The zero-order valence-electron chi connectivity index (χ0n) is 14.4. The van der Waals surface area contributed by atoms with Gasteiger partial charge in [0.2, 0.25) is 0 Å². The van der Waals surface area contributed by atoms with Crippen molar-refractivity contribution in [3.05, 3.63) is 34.4 Å². The molecule has 0 radical (unpaired) electrons. The largest absolute Gasteiger partial charge is 0.312 e. The Morgan fingerprint density at radius 3 is 2.10 bits per heavy atom. The van der Waals surface area contributed by atoms with Crippen LogP contribution in [0.4, 0.5) is 0 Å². The zero-order valence-corrected chi connectivity index (χ0v) is 14.4. The molecule has 0 saturated heterocycles. The first-order valence-corrected chi connectivity index (χ1v) is 7.78. The van der Waals surface area contributed by atoms with Gasteiger partial charge in [-0.1, -0.05) is 31.5 Å². The summed E-state index contributed by atoms with van der Waals surface area (Å²) in [6.07, 6.45) is 1.26. The maximum atomic E-state index is 3.50. The van der Waals surface area contributed by atoms with Gasteiger partial charge in [0.1, 0.15) is 0 Å². The summed E-state index contributed by atoms with van der Waals surface area (Å²) < 4.78 is 0. The second-order valence-corrected chi connectivity index (χ2v) is 6.60. The Morgan fingerprint density at radius 2 is 1.65 bits per heavy atom. The van der Waals surface area contributed by atoms with Crippen LogP contribution in [0, 0.1) is 26.7 Å². The Balaban J connectivity index is 2.81. The summed E-state index contributed by atoms with van der Waals surface area (Å²) in [4.78, 5) is 2.44. The van der Waals surface area contributed by atoms with E-state index in [1.54, 1.807) is 0 Å². The van der Waals surface area contributed by atoms with Gasteiger partial charge in [-0.25, -0.2) is 0 Å². The van der Waals surface area contributed by atoms with Gasteiger partial charge in [-0.3, -0.25) is 0 Å². The minimum atomic E-state index is 0.410. The van der Waals surface area contributed by atoms with E-state index in [1.807, 2.05) is 0 Å². The highest BCUT2D eigenvalue weighted by molar-refractivity contribution is 5.39. The molecule has 0 aliphatic rings. The van der Waals surface area contributed by atoms with Crippen LogP contribution in [0.3, 0.4) is 0 Å². The van der Waals surface area contributed by atoms with Crippen molar-refractivity contribution in [3.63, 3.8) is 0 Å². The third-order valence-electron chi connectivity index (χ3n) is 4.02. The minimum absolute atomic E-state index is 0.410. The monoisotopic (exact) mass is 276 g/mol. The van der Waals surface area contributed by atoms with E-state index in [0.717, 1.165) is 12.5 Å². The lowest BCUT2D eigenvalue weighted by Crippen LogP contribution is -2.33. The minimum Gasteiger partial charge on any atom is -0.312 e. The molecule has 0 aliphatic heterocycles. The lowest BCUT2D eigenvalue weighted by molar-refractivity contribution is 0.279. The molecule has 114 valence electrons. The van der Waals surface area contributed by atoms with Gasteiger partial charge in [0, 0.05) is 12.6 Å². The summed E-state index contributed by atoms with van der Waals surface area (Å²) in [5.74, 6) is 0.772. The summed E-state index contributed by atoms with van der Waals surface area (Å²) in [6.45, 7) is 13.4. The van der Waals surface area contributed by atoms with E-state index in [1.165, 1.54) is 35.2 Å². The number of nitrogens with zero attached hydrogens (tertiary/aromatic N) is 1. The Bertz CT molecular complexity index is 400. The highest BCUT2D eigenvalue weighted by Crippen LogP contribution is 2.24. The smallest absolute Gasteiger partial charge is 0.0452 e. The van der Waals surface area contributed by atoms with Gasteiger partial charge in [0.15, 0.2) is 0 Å². The van der Waals surface area contributed by atoms with Gasteiger partial charge in [-0.15, -0.1) is 0 Å². The molecule has 0 amide bonds. The van der Waals surface area contributed by atoms with Crippen LogP contribution >= 0.6 is 0 Å². The van der Waals surface area contributed by atoms with Gasteiger partial charge >= 0.3 is 0 Å². The van der Waals surface area contributed by atoms with Crippen molar-refractivity contribution < 1.29 is 0 Å². The number of hydrogen-bond acceptors (Lipinski definition) is 2. The molecule has 0 aromatic heterocycles. The third kappa shape index (κ3) is 4.92. The second-order valence-electron chi connectivity index (χ2n) is 6.60. The Labute approximate surface area is 125 Å². The maximum absolute atomic E-state index is 3.50. The molecule has 0 fully saturated rings. The molecule has 1 N–H and O–H groups in total. The average Bonchev–Trinajstić information content (AvgIpc) is 2.33. The fourth-order valence-electron chi connectivity index (χ4n) is 2.95.